The molecule has 0 radical (unpaired) electrons. The highest BCUT2D eigenvalue weighted by molar-refractivity contribution is 5.92. The quantitative estimate of drug-likeness (QED) is 0.178. The number of hydrogen-bond acceptors (Lipinski definition) is 7. The number of aliphatic hydroxyl groups excluding tert-OH is 1. The van der Waals surface area contributed by atoms with Crippen molar-refractivity contribution >= 4 is 33.6 Å². The third-order valence-corrected chi connectivity index (χ3v) is 13.7. The van der Waals surface area contributed by atoms with Crippen LogP contribution in [0.3, 0.4) is 0 Å². The Morgan fingerprint density at radius 3 is 2.61 bits per heavy atom. The van der Waals surface area contributed by atoms with E-state index in [1.165, 1.54) is 29.1 Å². The van der Waals surface area contributed by atoms with Crippen molar-refractivity contribution in [3.8, 4) is 5.75 Å². The molecule has 3 N–H and O–H groups in total. The molecule has 6 heterocycles. The van der Waals surface area contributed by atoms with Crippen LogP contribution in [0.5, 0.6) is 5.75 Å². The highest BCUT2D eigenvalue weighted by atomic mass is 16.6. The molecule has 268 valence electrons. The smallest absolute Gasteiger partial charge is 0.303 e. The Kier molecular flexibility index (Phi) is 7.80. The van der Waals surface area contributed by atoms with E-state index in [1.807, 2.05) is 0 Å². The molecule has 4 aromatic rings. The van der Waals surface area contributed by atoms with Crippen LogP contribution in [0.1, 0.15) is 79.9 Å². The summed E-state index contributed by atoms with van der Waals surface area (Å²) < 4.78 is 12.7. The van der Waals surface area contributed by atoms with Crippen LogP contribution in [0.2, 0.25) is 0 Å². The summed E-state index contributed by atoms with van der Waals surface area (Å²) in [6, 6.07) is 12.8. The minimum absolute atomic E-state index is 0.0814. The van der Waals surface area contributed by atoms with Gasteiger partial charge in [0.25, 0.3) is 0 Å². The van der Waals surface area contributed by atoms with Gasteiger partial charge in [0, 0.05) is 89.5 Å². The number of H-pyrrole nitrogens is 2. The molecule has 0 spiro atoms. The van der Waals surface area contributed by atoms with Crippen LogP contribution in [0.25, 0.3) is 21.8 Å². The summed E-state index contributed by atoms with van der Waals surface area (Å²) in [7, 11) is 3.83. The van der Waals surface area contributed by atoms with Gasteiger partial charge >= 0.3 is 5.97 Å². The fourth-order valence-corrected chi connectivity index (χ4v) is 11.7. The highest BCUT2D eigenvalue weighted by Gasteiger charge is 2.57. The van der Waals surface area contributed by atoms with Gasteiger partial charge in [0.15, 0.2) is 5.60 Å². The number of hydrogen-bond donors (Lipinski definition) is 3. The number of fused-ring (bicyclic) bond motifs is 9. The van der Waals surface area contributed by atoms with E-state index < -0.39 is 5.60 Å². The summed E-state index contributed by atoms with van der Waals surface area (Å²) in [4.78, 5) is 38.8. The van der Waals surface area contributed by atoms with Crippen molar-refractivity contribution < 1.29 is 24.2 Å². The van der Waals surface area contributed by atoms with E-state index in [0.29, 0.717) is 24.5 Å². The Bertz CT molecular complexity index is 2090. The number of likely N-dealkylation sites (tertiary alicyclic amines) is 1. The van der Waals surface area contributed by atoms with E-state index in [9.17, 15) is 14.7 Å². The summed E-state index contributed by atoms with van der Waals surface area (Å²) in [5, 5.41) is 13.8. The standard InChI is InChI=1S/C42H50N4O5/c1-6-25-20-45(4)36-18-30-26-9-7-8-10-34(26)43-39(30)31(17-33(25)42(36,21-47)51-23(3)49)37-35(50-5)12-11-27-28-13-14-46-19-24-15-29(22(2)48)41(46)32(16-24)38(28)44-40(27)37/h6-12,24,29,31-33,36,41,43-44,47H,13-21H2,1-5H3/b25-6-/t24-,29-,31-,32+,33+,36+,41+,42+/m1/s1. The molecule has 2 aromatic carbocycles. The molecule has 4 aliphatic heterocycles. The third-order valence-electron chi connectivity index (χ3n) is 13.7. The largest absolute Gasteiger partial charge is 0.496 e. The number of rotatable bonds is 5. The minimum atomic E-state index is -1.13. The number of methoxy groups -OCH3 is 1. The maximum atomic E-state index is 13.0. The number of nitrogens with one attached hydrogen (secondary N) is 2. The highest BCUT2D eigenvalue weighted by Crippen LogP contribution is 2.55. The molecular weight excluding hydrogens is 640 g/mol. The zero-order chi connectivity index (χ0) is 35.3. The van der Waals surface area contributed by atoms with E-state index in [-0.39, 0.29) is 48.3 Å². The lowest BCUT2D eigenvalue weighted by Gasteiger charge is -2.54. The second-order valence-corrected chi connectivity index (χ2v) is 16.1. The molecule has 9 nitrogen and oxygen atoms in total. The first kappa shape index (κ1) is 33.0. The molecule has 6 aliphatic rings. The summed E-state index contributed by atoms with van der Waals surface area (Å²) >= 11 is 0. The number of ketones is 1. The number of aromatic amines is 2. The number of likely N-dealkylation sites (N-methyl/N-ethyl adjacent to an activating group) is 1. The molecule has 9 heteroatoms. The lowest BCUT2D eigenvalue weighted by atomic mass is 9.64. The fourth-order valence-electron chi connectivity index (χ4n) is 11.7. The number of benzene rings is 2. The fraction of sp³-hybridized carbons (Fsp3) is 0.524. The average Bonchev–Trinajstić information content (AvgIpc) is 3.65. The van der Waals surface area contributed by atoms with Crippen LogP contribution in [0, 0.1) is 17.8 Å². The minimum Gasteiger partial charge on any atom is -0.496 e. The Morgan fingerprint density at radius 1 is 1.04 bits per heavy atom. The molecule has 0 amide bonds. The Labute approximate surface area is 299 Å². The number of aliphatic hydroxyl groups is 1. The number of esters is 1. The van der Waals surface area contributed by atoms with Gasteiger partial charge in [-0.15, -0.1) is 0 Å². The normalized spacial score (nSPS) is 33.7. The molecule has 1 saturated carbocycles. The van der Waals surface area contributed by atoms with Crippen molar-refractivity contribution in [3.05, 3.63) is 76.1 Å². The maximum absolute atomic E-state index is 13.0. The lowest BCUT2D eigenvalue weighted by molar-refractivity contribution is -0.187. The van der Waals surface area contributed by atoms with Gasteiger partial charge < -0.3 is 24.5 Å². The van der Waals surface area contributed by atoms with Gasteiger partial charge in [-0.2, -0.15) is 0 Å². The van der Waals surface area contributed by atoms with E-state index in [0.717, 1.165) is 77.9 Å². The molecule has 10 rings (SSSR count). The van der Waals surface area contributed by atoms with Crippen LogP contribution in [-0.4, -0.2) is 94.7 Å². The van der Waals surface area contributed by atoms with Gasteiger partial charge in [-0.3, -0.25) is 19.4 Å². The van der Waals surface area contributed by atoms with E-state index in [1.54, 1.807) is 14.0 Å². The molecule has 9 atom stereocenters. The predicted octanol–water partition coefficient (Wildman–Crippen LogP) is 5.85. The molecule has 51 heavy (non-hydrogen) atoms. The molecule has 4 fully saturated rings. The van der Waals surface area contributed by atoms with Gasteiger partial charge in [0.1, 0.15) is 11.5 Å². The Balaban J connectivity index is 1.30. The number of carbonyl (C=O) groups excluding carboxylic acids is 2. The van der Waals surface area contributed by atoms with Gasteiger partial charge in [0.2, 0.25) is 0 Å². The Hall–Kier alpha value is -3.92. The van der Waals surface area contributed by atoms with Crippen molar-refractivity contribution in [1.82, 2.24) is 19.8 Å². The average molecular weight is 691 g/mol. The third kappa shape index (κ3) is 4.76. The first-order valence-corrected chi connectivity index (χ1v) is 18.9. The number of para-hydroxylation sites is 1. The summed E-state index contributed by atoms with van der Waals surface area (Å²) in [6.45, 7) is 7.81. The SMILES string of the molecule is C/C=C1/CN(C)[C@H]2Cc3c([nH]c4ccccc34)[C@@H](c3c(OC)ccc4c5c([nH]c34)[C@@H]3C[C@H]4C[C@H](C(C)=O)[C@@H]3N(CC5)C4)C[C@@H]1[C@]2(CO)OC(C)=O. The zero-order valence-corrected chi connectivity index (χ0v) is 30.4. The van der Waals surface area contributed by atoms with Gasteiger partial charge in [-0.05, 0) is 88.2 Å². The number of allylic oxidation sites excluding steroid dienone is 1. The van der Waals surface area contributed by atoms with E-state index in [2.05, 4.69) is 76.2 Å². The molecule has 6 bridgehead atoms. The van der Waals surface area contributed by atoms with E-state index >= 15 is 0 Å². The van der Waals surface area contributed by atoms with Crippen LogP contribution in [0.4, 0.5) is 0 Å². The number of ether oxygens (including phenoxy) is 2. The van der Waals surface area contributed by atoms with Crippen LogP contribution in [-0.2, 0) is 27.2 Å². The van der Waals surface area contributed by atoms with Gasteiger partial charge in [0.05, 0.1) is 25.3 Å². The van der Waals surface area contributed by atoms with Gasteiger partial charge in [-0.25, -0.2) is 0 Å². The summed E-state index contributed by atoms with van der Waals surface area (Å²) in [6.07, 6.45) is 6.43. The molecular formula is C42H50N4O5. The summed E-state index contributed by atoms with van der Waals surface area (Å²) in [5.41, 5.74) is 8.31. The van der Waals surface area contributed by atoms with Crippen molar-refractivity contribution in [3.63, 3.8) is 0 Å². The first-order chi connectivity index (χ1) is 24.7. The van der Waals surface area contributed by atoms with Crippen molar-refractivity contribution in [2.75, 3.05) is 40.4 Å². The van der Waals surface area contributed by atoms with Crippen LogP contribution < -0.4 is 4.74 Å². The second-order valence-electron chi connectivity index (χ2n) is 16.1. The molecule has 1 unspecified atom stereocenters. The lowest BCUT2D eigenvalue weighted by Crippen LogP contribution is -2.66. The topological polar surface area (TPSA) is 111 Å². The van der Waals surface area contributed by atoms with Crippen molar-refractivity contribution in [2.24, 2.45) is 17.8 Å². The van der Waals surface area contributed by atoms with Crippen molar-refractivity contribution in [1.29, 1.82) is 0 Å². The predicted molar refractivity (Wildman–Crippen MR) is 197 cm³/mol. The first-order valence-electron chi connectivity index (χ1n) is 18.9. The summed E-state index contributed by atoms with van der Waals surface area (Å²) in [5.74, 6) is 1.26. The molecule has 2 aromatic heterocycles. The zero-order valence-electron chi connectivity index (χ0n) is 30.4. The monoisotopic (exact) mass is 690 g/mol. The number of Topliss-reactive ketones (excluding diaryl/α,β-unsaturated/α-hetero) is 1. The number of aromatic nitrogens is 2. The Morgan fingerprint density at radius 2 is 1.86 bits per heavy atom. The number of nitrogens with zero attached hydrogens (tertiary/aromatic N) is 2. The van der Waals surface area contributed by atoms with Crippen molar-refractivity contribution in [2.45, 2.75) is 82.4 Å². The molecule has 2 aliphatic carbocycles. The van der Waals surface area contributed by atoms with E-state index in [4.69, 9.17) is 9.47 Å². The molecule has 3 saturated heterocycles. The maximum Gasteiger partial charge on any atom is 0.303 e. The number of carbonyl (C=O) groups is 2. The number of piperidine rings is 3. The van der Waals surface area contributed by atoms with Crippen LogP contribution in [0.15, 0.2) is 48.0 Å². The van der Waals surface area contributed by atoms with Crippen LogP contribution >= 0.6 is 0 Å². The van der Waals surface area contributed by atoms with Gasteiger partial charge in [-0.1, -0.05) is 29.8 Å². The second kappa shape index (κ2) is 12.1.